The third-order valence-corrected chi connectivity index (χ3v) is 6.77. The molecule has 0 fully saturated rings. The first-order chi connectivity index (χ1) is 13.4. The van der Waals surface area contributed by atoms with Crippen molar-refractivity contribution in [3.8, 4) is 17.3 Å². The van der Waals surface area contributed by atoms with Crippen molar-refractivity contribution in [3.63, 3.8) is 0 Å². The largest absolute Gasteiger partial charge is 0.270 e. The van der Waals surface area contributed by atoms with Crippen molar-refractivity contribution in [2.45, 2.75) is 38.9 Å². The van der Waals surface area contributed by atoms with Crippen LogP contribution in [-0.4, -0.2) is 34.8 Å². The van der Waals surface area contributed by atoms with Gasteiger partial charge >= 0.3 is 0 Å². The summed E-state index contributed by atoms with van der Waals surface area (Å²) in [4.78, 5) is 4.23. The Balaban J connectivity index is 2.11. The molecule has 0 aliphatic heterocycles. The van der Waals surface area contributed by atoms with Gasteiger partial charge in [-0.15, -0.1) is 0 Å². The number of unbranched alkanes of at least 4 members (excludes halogenated alkanes) is 1. The summed E-state index contributed by atoms with van der Waals surface area (Å²) in [7, 11) is -3.45. The van der Waals surface area contributed by atoms with Crippen molar-refractivity contribution in [2.24, 2.45) is 0 Å². The van der Waals surface area contributed by atoms with Crippen LogP contribution in [0.25, 0.3) is 16.9 Å². The molecule has 3 rings (SSSR count). The molecular weight excluding hydrogens is 374 g/mol. The molecule has 0 aliphatic rings. The minimum atomic E-state index is -3.45. The Kier molecular flexibility index (Phi) is 5.66. The van der Waals surface area contributed by atoms with Gasteiger partial charge in [0.05, 0.1) is 22.8 Å². The maximum Gasteiger partial charge on any atom is 0.237 e. The third kappa shape index (κ3) is 3.58. The first kappa shape index (κ1) is 19.8. The summed E-state index contributed by atoms with van der Waals surface area (Å²) in [5, 5.41) is 13.0. The summed E-state index contributed by atoms with van der Waals surface area (Å²) in [5.41, 5.74) is 3.04. The van der Waals surface area contributed by atoms with Crippen LogP contribution in [0.15, 0.2) is 42.7 Å². The monoisotopic (exact) mass is 397 g/mol. The maximum atomic E-state index is 12.9. The van der Waals surface area contributed by atoms with Gasteiger partial charge in [0.15, 0.2) is 5.65 Å². The van der Waals surface area contributed by atoms with Crippen LogP contribution in [0, 0.1) is 11.3 Å². The highest BCUT2D eigenvalue weighted by molar-refractivity contribution is 7.93. The van der Waals surface area contributed by atoms with Crippen LogP contribution in [0.4, 0.5) is 5.69 Å². The van der Waals surface area contributed by atoms with Gasteiger partial charge in [-0.2, -0.15) is 10.4 Å². The molecule has 0 amide bonds. The number of aromatic nitrogens is 3. The molecular formula is C20H23N5O2S. The van der Waals surface area contributed by atoms with E-state index in [1.807, 2.05) is 25.1 Å². The van der Waals surface area contributed by atoms with Gasteiger partial charge in [-0.3, -0.25) is 4.31 Å². The van der Waals surface area contributed by atoms with Crippen LogP contribution >= 0.6 is 0 Å². The number of rotatable bonds is 7. The fourth-order valence-electron chi connectivity index (χ4n) is 2.97. The maximum absolute atomic E-state index is 12.9. The molecule has 0 spiro atoms. The van der Waals surface area contributed by atoms with Crippen LogP contribution in [0.5, 0.6) is 0 Å². The van der Waals surface area contributed by atoms with Gasteiger partial charge in [0.1, 0.15) is 11.6 Å². The van der Waals surface area contributed by atoms with Crippen LogP contribution < -0.4 is 4.31 Å². The lowest BCUT2D eigenvalue weighted by Gasteiger charge is -2.27. The van der Waals surface area contributed by atoms with Gasteiger partial charge in [0.25, 0.3) is 0 Å². The SMILES string of the molecule is CCCCN(c1cccc(-c2ccnc3c(C#N)cnn23)c1)S(=O)(=O)C(C)C. The molecule has 3 aromatic rings. The molecule has 0 atom stereocenters. The van der Waals surface area contributed by atoms with E-state index in [-0.39, 0.29) is 0 Å². The lowest BCUT2D eigenvalue weighted by molar-refractivity contribution is 0.580. The van der Waals surface area contributed by atoms with Gasteiger partial charge in [0, 0.05) is 18.3 Å². The number of nitrogens with zero attached hydrogens (tertiary/aromatic N) is 5. The van der Waals surface area contributed by atoms with E-state index in [1.165, 1.54) is 10.5 Å². The van der Waals surface area contributed by atoms with Crippen LogP contribution in [0.2, 0.25) is 0 Å². The molecule has 0 radical (unpaired) electrons. The van der Waals surface area contributed by atoms with Gasteiger partial charge in [-0.1, -0.05) is 25.5 Å². The van der Waals surface area contributed by atoms with Crippen molar-refractivity contribution < 1.29 is 8.42 Å². The predicted octanol–water partition coefficient (Wildman–Crippen LogP) is 3.61. The number of benzene rings is 1. The molecule has 0 unspecified atom stereocenters. The fourth-order valence-corrected chi connectivity index (χ4v) is 4.27. The molecule has 7 nitrogen and oxygen atoms in total. The molecule has 28 heavy (non-hydrogen) atoms. The molecule has 0 saturated carbocycles. The summed E-state index contributed by atoms with van der Waals surface area (Å²) in [5.74, 6) is 0. The highest BCUT2D eigenvalue weighted by atomic mass is 32.2. The van der Waals surface area contributed by atoms with Crippen molar-refractivity contribution in [2.75, 3.05) is 10.8 Å². The standard InChI is InChI=1S/C20H23N5O2S/c1-4-5-11-24(28(26,27)15(2)3)18-8-6-7-16(12-18)19-9-10-22-20-17(13-21)14-23-25(19)20/h6-10,12,14-15H,4-5,11H2,1-3H3. The van der Waals surface area contributed by atoms with E-state index in [1.54, 1.807) is 36.7 Å². The highest BCUT2D eigenvalue weighted by Crippen LogP contribution is 2.28. The summed E-state index contributed by atoms with van der Waals surface area (Å²) in [6.45, 7) is 5.86. The Bertz CT molecular complexity index is 1130. The fraction of sp³-hybridized carbons (Fsp3) is 0.350. The van der Waals surface area contributed by atoms with E-state index < -0.39 is 15.3 Å². The summed E-state index contributed by atoms with van der Waals surface area (Å²) in [6, 6.07) is 11.3. The quantitative estimate of drug-likeness (QED) is 0.607. The molecule has 146 valence electrons. The van der Waals surface area contributed by atoms with Crippen molar-refractivity contribution in [3.05, 3.63) is 48.3 Å². The van der Waals surface area contributed by atoms with E-state index in [0.717, 1.165) is 24.1 Å². The number of hydrogen-bond acceptors (Lipinski definition) is 5. The molecule has 0 aliphatic carbocycles. The second kappa shape index (κ2) is 7.98. The van der Waals surface area contributed by atoms with Gasteiger partial charge in [0.2, 0.25) is 10.0 Å². The lowest BCUT2D eigenvalue weighted by Crippen LogP contribution is -2.37. The zero-order valence-corrected chi connectivity index (χ0v) is 17.0. The Labute approximate surface area is 165 Å². The average Bonchev–Trinajstić information content (AvgIpc) is 3.11. The zero-order valence-electron chi connectivity index (χ0n) is 16.2. The van der Waals surface area contributed by atoms with Gasteiger partial charge < -0.3 is 0 Å². The molecule has 0 N–H and O–H groups in total. The third-order valence-electron chi connectivity index (χ3n) is 4.57. The number of sulfonamides is 1. The molecule has 0 saturated heterocycles. The molecule has 2 aromatic heterocycles. The van der Waals surface area contributed by atoms with Crippen LogP contribution in [0.3, 0.4) is 0 Å². The first-order valence-corrected chi connectivity index (χ1v) is 10.7. The molecule has 8 heteroatoms. The van der Waals surface area contributed by atoms with Crippen molar-refractivity contribution in [1.82, 2.24) is 14.6 Å². The average molecular weight is 398 g/mol. The topological polar surface area (TPSA) is 91.4 Å². The van der Waals surface area contributed by atoms with E-state index in [0.29, 0.717) is 23.4 Å². The Morgan fingerprint density at radius 2 is 2.07 bits per heavy atom. The van der Waals surface area contributed by atoms with Crippen molar-refractivity contribution in [1.29, 1.82) is 5.26 Å². The van der Waals surface area contributed by atoms with E-state index in [2.05, 4.69) is 16.2 Å². The second-order valence-corrected chi connectivity index (χ2v) is 9.22. The van der Waals surface area contributed by atoms with Crippen LogP contribution in [0.1, 0.15) is 39.2 Å². The Morgan fingerprint density at radius 1 is 1.29 bits per heavy atom. The Morgan fingerprint density at radius 3 is 2.75 bits per heavy atom. The van der Waals surface area contributed by atoms with Crippen LogP contribution in [-0.2, 0) is 10.0 Å². The van der Waals surface area contributed by atoms with E-state index in [9.17, 15) is 13.7 Å². The summed E-state index contributed by atoms with van der Waals surface area (Å²) >= 11 is 0. The normalized spacial score (nSPS) is 11.7. The number of anilines is 1. The first-order valence-electron chi connectivity index (χ1n) is 9.25. The minimum absolute atomic E-state index is 0.393. The molecule has 1 aromatic carbocycles. The summed E-state index contributed by atoms with van der Waals surface area (Å²) in [6.07, 6.45) is 4.78. The number of nitriles is 1. The van der Waals surface area contributed by atoms with E-state index in [4.69, 9.17) is 0 Å². The highest BCUT2D eigenvalue weighted by Gasteiger charge is 2.26. The predicted molar refractivity (Wildman–Crippen MR) is 109 cm³/mol. The molecule has 2 heterocycles. The van der Waals surface area contributed by atoms with Crippen molar-refractivity contribution >= 4 is 21.4 Å². The molecule has 0 bridgehead atoms. The smallest absolute Gasteiger partial charge is 0.237 e. The lowest BCUT2D eigenvalue weighted by atomic mass is 10.1. The summed E-state index contributed by atoms with van der Waals surface area (Å²) < 4.78 is 28.9. The van der Waals surface area contributed by atoms with Gasteiger partial charge in [-0.25, -0.2) is 17.9 Å². The number of hydrogen-bond donors (Lipinski definition) is 0. The zero-order chi connectivity index (χ0) is 20.3. The van der Waals surface area contributed by atoms with E-state index >= 15 is 0 Å². The minimum Gasteiger partial charge on any atom is -0.270 e. The second-order valence-electron chi connectivity index (χ2n) is 6.81. The number of fused-ring (bicyclic) bond motifs is 1. The van der Waals surface area contributed by atoms with Gasteiger partial charge in [-0.05, 0) is 38.5 Å². The Hall–Kier alpha value is -2.92.